The van der Waals surface area contributed by atoms with Crippen molar-refractivity contribution in [3.8, 4) is 5.75 Å². The number of anilines is 2. The number of fused-ring (bicyclic) bond motifs is 4. The van der Waals surface area contributed by atoms with Crippen molar-refractivity contribution < 1.29 is 9.90 Å². The van der Waals surface area contributed by atoms with Crippen molar-refractivity contribution >= 4 is 28.1 Å². The Morgan fingerprint density at radius 3 is 2.80 bits per heavy atom. The van der Waals surface area contributed by atoms with E-state index in [0.717, 1.165) is 34.1 Å². The van der Waals surface area contributed by atoms with Gasteiger partial charge in [-0.25, -0.2) is 0 Å². The topological polar surface area (TPSA) is 61.4 Å². The van der Waals surface area contributed by atoms with E-state index in [-0.39, 0.29) is 23.8 Å². The van der Waals surface area contributed by atoms with Crippen LogP contribution in [0.1, 0.15) is 43.4 Å². The SMILES string of the molecule is CC(C)C(=O)Nc1ccc2c(c1)C1C=CCC1C(c1c(O)ccc3ccccc13)N2. The highest BCUT2D eigenvalue weighted by molar-refractivity contribution is 5.93. The quantitative estimate of drug-likeness (QED) is 0.477. The molecule has 30 heavy (non-hydrogen) atoms. The van der Waals surface area contributed by atoms with Crippen LogP contribution in [0, 0.1) is 11.8 Å². The minimum Gasteiger partial charge on any atom is -0.508 e. The number of amides is 1. The lowest BCUT2D eigenvalue weighted by Crippen LogP contribution is -2.29. The van der Waals surface area contributed by atoms with Crippen LogP contribution in [0.25, 0.3) is 10.8 Å². The lowest BCUT2D eigenvalue weighted by molar-refractivity contribution is -0.118. The Labute approximate surface area is 176 Å². The summed E-state index contributed by atoms with van der Waals surface area (Å²) in [6.07, 6.45) is 5.46. The fourth-order valence-corrected chi connectivity index (χ4v) is 4.86. The summed E-state index contributed by atoms with van der Waals surface area (Å²) in [5.74, 6) is 0.861. The zero-order valence-corrected chi connectivity index (χ0v) is 17.2. The first kappa shape index (κ1) is 18.7. The molecule has 3 unspecified atom stereocenters. The number of aromatic hydroxyl groups is 1. The normalized spacial score (nSPS) is 21.9. The van der Waals surface area contributed by atoms with Crippen molar-refractivity contribution in [2.24, 2.45) is 11.8 Å². The number of carbonyl (C=O) groups excluding carboxylic acids is 1. The summed E-state index contributed by atoms with van der Waals surface area (Å²) in [7, 11) is 0. The molecule has 1 amide bonds. The number of carbonyl (C=O) groups is 1. The standard InChI is InChI=1S/C26H26N2O2/c1-15(2)26(30)27-17-11-12-22-21(14-17)19-8-5-9-20(19)25(28-22)24-18-7-4-3-6-16(18)10-13-23(24)29/h3-8,10-15,19-20,25,28-29H,9H2,1-2H3,(H,27,30). The fourth-order valence-electron chi connectivity index (χ4n) is 4.86. The number of phenols is 1. The monoisotopic (exact) mass is 398 g/mol. The number of benzene rings is 3. The van der Waals surface area contributed by atoms with Gasteiger partial charge >= 0.3 is 0 Å². The van der Waals surface area contributed by atoms with E-state index < -0.39 is 0 Å². The molecule has 0 aromatic heterocycles. The van der Waals surface area contributed by atoms with Gasteiger partial charge in [0.15, 0.2) is 0 Å². The van der Waals surface area contributed by atoms with Crippen molar-refractivity contribution in [3.63, 3.8) is 0 Å². The number of phenolic OH excluding ortho intramolecular Hbond substituents is 1. The smallest absolute Gasteiger partial charge is 0.226 e. The van der Waals surface area contributed by atoms with Crippen LogP contribution in [0.5, 0.6) is 5.75 Å². The highest BCUT2D eigenvalue weighted by Crippen LogP contribution is 2.52. The van der Waals surface area contributed by atoms with Gasteiger partial charge in [0.1, 0.15) is 5.75 Å². The van der Waals surface area contributed by atoms with Gasteiger partial charge in [0.2, 0.25) is 5.91 Å². The molecule has 0 radical (unpaired) electrons. The zero-order valence-electron chi connectivity index (χ0n) is 17.2. The summed E-state index contributed by atoms with van der Waals surface area (Å²) in [6.45, 7) is 3.79. The zero-order chi connectivity index (χ0) is 20.8. The Morgan fingerprint density at radius 1 is 1.13 bits per heavy atom. The van der Waals surface area contributed by atoms with E-state index in [0.29, 0.717) is 11.7 Å². The molecule has 0 fully saturated rings. The summed E-state index contributed by atoms with van der Waals surface area (Å²) in [5, 5.41) is 19.8. The van der Waals surface area contributed by atoms with Crippen LogP contribution in [0.15, 0.2) is 66.7 Å². The van der Waals surface area contributed by atoms with Crippen molar-refractivity contribution in [3.05, 3.63) is 77.9 Å². The van der Waals surface area contributed by atoms with Gasteiger partial charge < -0.3 is 15.7 Å². The highest BCUT2D eigenvalue weighted by atomic mass is 16.3. The molecule has 3 N–H and O–H groups in total. The lowest BCUT2D eigenvalue weighted by Gasteiger charge is -2.38. The number of rotatable bonds is 3. The van der Waals surface area contributed by atoms with Crippen molar-refractivity contribution in [1.29, 1.82) is 0 Å². The molecule has 0 saturated heterocycles. The molecule has 2 aliphatic rings. The molecule has 152 valence electrons. The Morgan fingerprint density at radius 2 is 1.97 bits per heavy atom. The van der Waals surface area contributed by atoms with Gasteiger partial charge in [0, 0.05) is 28.8 Å². The first-order valence-corrected chi connectivity index (χ1v) is 10.6. The molecule has 3 atom stereocenters. The summed E-state index contributed by atoms with van der Waals surface area (Å²) < 4.78 is 0. The molecule has 1 aliphatic heterocycles. The Hall–Kier alpha value is -3.27. The predicted molar refractivity (Wildman–Crippen MR) is 122 cm³/mol. The van der Waals surface area contributed by atoms with Crippen LogP contribution in [-0.2, 0) is 4.79 Å². The molecule has 5 rings (SSSR count). The van der Waals surface area contributed by atoms with E-state index in [1.807, 2.05) is 44.2 Å². The molecule has 3 aromatic carbocycles. The maximum absolute atomic E-state index is 12.1. The van der Waals surface area contributed by atoms with Gasteiger partial charge in [-0.05, 0) is 52.9 Å². The minimum absolute atomic E-state index is 0.0136. The van der Waals surface area contributed by atoms with Crippen LogP contribution < -0.4 is 10.6 Å². The summed E-state index contributed by atoms with van der Waals surface area (Å²) in [4.78, 5) is 12.1. The van der Waals surface area contributed by atoms with Gasteiger partial charge in [-0.2, -0.15) is 0 Å². The molecule has 1 heterocycles. The number of nitrogens with one attached hydrogen (secondary N) is 2. The predicted octanol–water partition coefficient (Wildman–Crippen LogP) is 5.97. The van der Waals surface area contributed by atoms with Crippen molar-refractivity contribution in [1.82, 2.24) is 0 Å². The Kier molecular flexibility index (Phi) is 4.50. The highest BCUT2D eigenvalue weighted by Gasteiger charge is 2.39. The molecule has 0 bridgehead atoms. The Balaban J connectivity index is 1.57. The summed E-state index contributed by atoms with van der Waals surface area (Å²) in [5.41, 5.74) is 4.06. The van der Waals surface area contributed by atoms with Gasteiger partial charge in [-0.3, -0.25) is 4.79 Å². The maximum Gasteiger partial charge on any atom is 0.226 e. The molecule has 1 aliphatic carbocycles. The lowest BCUT2D eigenvalue weighted by atomic mass is 9.76. The third-order valence-electron chi connectivity index (χ3n) is 6.41. The molecular weight excluding hydrogens is 372 g/mol. The maximum atomic E-state index is 12.1. The van der Waals surface area contributed by atoms with Crippen molar-refractivity contribution in [2.45, 2.75) is 32.2 Å². The summed E-state index contributed by atoms with van der Waals surface area (Å²) in [6, 6.07) is 18.1. The van der Waals surface area contributed by atoms with Crippen LogP contribution in [-0.4, -0.2) is 11.0 Å². The van der Waals surface area contributed by atoms with Crippen molar-refractivity contribution in [2.75, 3.05) is 10.6 Å². The minimum atomic E-state index is -0.0583. The molecule has 0 saturated carbocycles. The molecule has 4 heteroatoms. The first-order valence-electron chi connectivity index (χ1n) is 10.6. The second-order valence-electron chi connectivity index (χ2n) is 8.64. The third-order valence-corrected chi connectivity index (χ3v) is 6.41. The van der Waals surface area contributed by atoms with E-state index in [2.05, 4.69) is 41.0 Å². The molecular formula is C26H26N2O2. The molecule has 4 nitrogen and oxygen atoms in total. The molecule has 3 aromatic rings. The second kappa shape index (κ2) is 7.21. The number of hydrogen-bond donors (Lipinski definition) is 3. The first-order chi connectivity index (χ1) is 14.5. The van der Waals surface area contributed by atoms with Crippen LogP contribution in [0.4, 0.5) is 11.4 Å². The van der Waals surface area contributed by atoms with Gasteiger partial charge in [-0.15, -0.1) is 0 Å². The van der Waals surface area contributed by atoms with Crippen LogP contribution >= 0.6 is 0 Å². The van der Waals surface area contributed by atoms with Gasteiger partial charge in [-0.1, -0.05) is 56.3 Å². The number of allylic oxidation sites excluding steroid dienone is 2. The van der Waals surface area contributed by atoms with E-state index in [4.69, 9.17) is 0 Å². The Bertz CT molecular complexity index is 1160. The van der Waals surface area contributed by atoms with E-state index in [1.165, 1.54) is 5.56 Å². The van der Waals surface area contributed by atoms with E-state index in [1.54, 1.807) is 6.07 Å². The fraction of sp³-hybridized carbons (Fsp3) is 0.269. The van der Waals surface area contributed by atoms with Gasteiger partial charge in [0.05, 0.1) is 6.04 Å². The average molecular weight is 399 g/mol. The summed E-state index contributed by atoms with van der Waals surface area (Å²) >= 11 is 0. The molecule has 0 spiro atoms. The van der Waals surface area contributed by atoms with Gasteiger partial charge in [0.25, 0.3) is 0 Å². The van der Waals surface area contributed by atoms with E-state index >= 15 is 0 Å². The van der Waals surface area contributed by atoms with E-state index in [9.17, 15) is 9.90 Å². The largest absolute Gasteiger partial charge is 0.508 e. The third kappa shape index (κ3) is 3.04. The average Bonchev–Trinajstić information content (AvgIpc) is 3.24. The van der Waals surface area contributed by atoms with Crippen LogP contribution in [0.3, 0.4) is 0 Å². The number of hydrogen-bond acceptors (Lipinski definition) is 3. The van der Waals surface area contributed by atoms with Crippen LogP contribution in [0.2, 0.25) is 0 Å². The second-order valence-corrected chi connectivity index (χ2v) is 8.64.